The van der Waals surface area contributed by atoms with Crippen LogP contribution in [0.2, 0.25) is 0 Å². The first kappa shape index (κ1) is 22.2. The Morgan fingerprint density at radius 2 is 1.50 bits per heavy atom. The highest BCUT2D eigenvalue weighted by Crippen LogP contribution is 2.22. The maximum atomic E-state index is 12.4. The number of hydrogen-bond donors (Lipinski definition) is 1. The van der Waals surface area contributed by atoms with Crippen LogP contribution in [-0.4, -0.2) is 23.7 Å². The third kappa shape index (κ3) is 6.81. The number of ether oxygens (including phenoxy) is 1. The molecule has 0 aromatic heterocycles. The lowest BCUT2D eigenvalue weighted by molar-refractivity contribution is 0.0487. The molecule has 4 heteroatoms. The van der Waals surface area contributed by atoms with Crippen LogP contribution in [0.15, 0.2) is 12.1 Å². The molecule has 0 atom stereocenters. The third-order valence-corrected chi connectivity index (χ3v) is 4.81. The summed E-state index contributed by atoms with van der Waals surface area (Å²) in [7, 11) is 0. The van der Waals surface area contributed by atoms with Crippen molar-refractivity contribution >= 4 is 11.9 Å². The van der Waals surface area contributed by atoms with Crippen LogP contribution >= 0.6 is 0 Å². The molecule has 0 bridgehead atoms. The first-order valence-electron chi connectivity index (χ1n) is 10.1. The second-order valence-corrected chi connectivity index (χ2v) is 6.75. The van der Waals surface area contributed by atoms with E-state index in [-0.39, 0.29) is 11.1 Å². The van der Waals surface area contributed by atoms with Crippen molar-refractivity contribution in [3.05, 3.63) is 34.4 Å². The Labute approximate surface area is 158 Å². The Hall–Kier alpha value is -1.84. The number of aromatic carboxylic acids is 1. The first-order valence-corrected chi connectivity index (χ1v) is 10.1. The van der Waals surface area contributed by atoms with Crippen molar-refractivity contribution in [3.8, 4) is 0 Å². The molecule has 0 fully saturated rings. The first-order chi connectivity index (χ1) is 12.6. The molecule has 0 heterocycles. The van der Waals surface area contributed by atoms with Crippen LogP contribution in [0.3, 0.4) is 0 Å². The van der Waals surface area contributed by atoms with Gasteiger partial charge in [0.05, 0.1) is 17.7 Å². The largest absolute Gasteiger partial charge is 0.478 e. The standard InChI is InChI=1S/C22H34O4/c1-4-7-8-9-10-11-12-13-16-26-22(25)19-15-14-17(5-2)18(6-3)20(19)21(23)24/h14-15H,4-13,16H2,1-3H3,(H,23,24). The zero-order valence-corrected chi connectivity index (χ0v) is 16.6. The van der Waals surface area contributed by atoms with Crippen molar-refractivity contribution in [1.82, 2.24) is 0 Å². The van der Waals surface area contributed by atoms with E-state index >= 15 is 0 Å². The number of hydrogen-bond acceptors (Lipinski definition) is 3. The van der Waals surface area contributed by atoms with E-state index < -0.39 is 11.9 Å². The van der Waals surface area contributed by atoms with E-state index in [1.54, 1.807) is 6.07 Å². The predicted molar refractivity (Wildman–Crippen MR) is 105 cm³/mol. The number of carboxylic acid groups (broad SMARTS) is 1. The van der Waals surface area contributed by atoms with Gasteiger partial charge in [-0.3, -0.25) is 0 Å². The molecule has 1 aromatic carbocycles. The fourth-order valence-corrected chi connectivity index (χ4v) is 3.32. The molecular weight excluding hydrogens is 328 g/mol. The number of carbonyl (C=O) groups excluding carboxylic acids is 1. The lowest BCUT2D eigenvalue weighted by Crippen LogP contribution is -2.16. The van der Waals surface area contributed by atoms with Crippen molar-refractivity contribution in [2.24, 2.45) is 0 Å². The van der Waals surface area contributed by atoms with Gasteiger partial charge >= 0.3 is 11.9 Å². The summed E-state index contributed by atoms with van der Waals surface area (Å²) in [6.45, 7) is 6.46. The van der Waals surface area contributed by atoms with Crippen LogP contribution in [0.5, 0.6) is 0 Å². The van der Waals surface area contributed by atoms with Gasteiger partial charge in [0.2, 0.25) is 0 Å². The van der Waals surface area contributed by atoms with Gasteiger partial charge in [0.25, 0.3) is 0 Å². The van der Waals surface area contributed by atoms with Crippen LogP contribution in [0.4, 0.5) is 0 Å². The Bertz CT molecular complexity index is 578. The van der Waals surface area contributed by atoms with Crippen molar-refractivity contribution in [2.75, 3.05) is 6.61 Å². The van der Waals surface area contributed by atoms with E-state index in [0.717, 1.165) is 36.8 Å². The van der Waals surface area contributed by atoms with E-state index in [1.807, 2.05) is 19.9 Å². The summed E-state index contributed by atoms with van der Waals surface area (Å²) in [5, 5.41) is 9.57. The molecule has 1 N–H and O–H groups in total. The van der Waals surface area contributed by atoms with Gasteiger partial charge in [-0.2, -0.15) is 0 Å². The maximum absolute atomic E-state index is 12.4. The normalized spacial score (nSPS) is 10.7. The molecule has 0 aliphatic heterocycles. The second-order valence-electron chi connectivity index (χ2n) is 6.75. The van der Waals surface area contributed by atoms with Gasteiger partial charge < -0.3 is 9.84 Å². The second kappa shape index (κ2) is 12.5. The molecule has 0 spiro atoms. The van der Waals surface area contributed by atoms with E-state index in [9.17, 15) is 14.7 Å². The number of carboxylic acids is 1. The van der Waals surface area contributed by atoms with Crippen LogP contribution in [0.1, 0.15) is 104 Å². The minimum atomic E-state index is -1.06. The quantitative estimate of drug-likeness (QED) is 0.355. The number of benzene rings is 1. The van der Waals surface area contributed by atoms with Crippen molar-refractivity contribution in [3.63, 3.8) is 0 Å². The number of unbranched alkanes of at least 4 members (excludes halogenated alkanes) is 7. The molecule has 0 aliphatic rings. The number of rotatable bonds is 13. The third-order valence-electron chi connectivity index (χ3n) is 4.81. The van der Waals surface area contributed by atoms with Gasteiger partial charge in [0.1, 0.15) is 0 Å². The molecule has 0 amide bonds. The molecule has 0 radical (unpaired) electrons. The van der Waals surface area contributed by atoms with Gasteiger partial charge in [-0.1, -0.05) is 71.8 Å². The number of esters is 1. The fourth-order valence-electron chi connectivity index (χ4n) is 3.32. The molecular formula is C22H34O4. The summed E-state index contributed by atoms with van der Waals surface area (Å²) in [4.78, 5) is 24.0. The van der Waals surface area contributed by atoms with Crippen molar-refractivity contribution in [1.29, 1.82) is 0 Å². The summed E-state index contributed by atoms with van der Waals surface area (Å²) in [6.07, 6.45) is 10.7. The Balaban J connectivity index is 2.53. The van der Waals surface area contributed by atoms with Gasteiger partial charge in [-0.15, -0.1) is 0 Å². The van der Waals surface area contributed by atoms with Crippen molar-refractivity contribution in [2.45, 2.75) is 85.0 Å². The highest BCUT2D eigenvalue weighted by molar-refractivity contribution is 6.03. The minimum absolute atomic E-state index is 0.104. The fraction of sp³-hybridized carbons (Fsp3) is 0.636. The molecule has 146 valence electrons. The Morgan fingerprint density at radius 1 is 0.885 bits per heavy atom. The van der Waals surface area contributed by atoms with Crippen LogP contribution in [0, 0.1) is 0 Å². The number of carbonyl (C=O) groups is 2. The Morgan fingerprint density at radius 3 is 2.04 bits per heavy atom. The maximum Gasteiger partial charge on any atom is 0.339 e. The highest BCUT2D eigenvalue weighted by Gasteiger charge is 2.22. The van der Waals surface area contributed by atoms with Gasteiger partial charge in [0.15, 0.2) is 0 Å². The summed E-state index contributed by atoms with van der Waals surface area (Å²) < 4.78 is 5.33. The van der Waals surface area contributed by atoms with E-state index in [0.29, 0.717) is 13.0 Å². The molecule has 26 heavy (non-hydrogen) atoms. The summed E-state index contributed by atoms with van der Waals surface area (Å²) in [6, 6.07) is 3.44. The predicted octanol–water partition coefficient (Wildman–Crippen LogP) is 5.81. The monoisotopic (exact) mass is 362 g/mol. The van der Waals surface area contributed by atoms with Crippen LogP contribution < -0.4 is 0 Å². The SMILES string of the molecule is CCCCCCCCCCOC(=O)c1ccc(CC)c(CC)c1C(=O)O. The average Bonchev–Trinajstić information content (AvgIpc) is 2.64. The molecule has 0 saturated heterocycles. The summed E-state index contributed by atoms with van der Waals surface area (Å²) in [5.41, 5.74) is 1.99. The molecule has 1 aromatic rings. The Kier molecular flexibility index (Phi) is 10.7. The van der Waals surface area contributed by atoms with E-state index in [4.69, 9.17) is 4.74 Å². The zero-order chi connectivity index (χ0) is 19.4. The molecule has 1 rings (SSSR count). The van der Waals surface area contributed by atoms with Gasteiger partial charge in [-0.05, 0) is 36.5 Å². The van der Waals surface area contributed by atoms with Gasteiger partial charge in [-0.25, -0.2) is 9.59 Å². The summed E-state index contributed by atoms with van der Waals surface area (Å²) >= 11 is 0. The molecule has 0 unspecified atom stereocenters. The number of aryl methyl sites for hydroxylation is 1. The van der Waals surface area contributed by atoms with Crippen molar-refractivity contribution < 1.29 is 19.4 Å². The topological polar surface area (TPSA) is 63.6 Å². The molecule has 0 aliphatic carbocycles. The zero-order valence-electron chi connectivity index (χ0n) is 16.6. The smallest absolute Gasteiger partial charge is 0.339 e. The van der Waals surface area contributed by atoms with Crippen LogP contribution in [-0.2, 0) is 17.6 Å². The highest BCUT2D eigenvalue weighted by atomic mass is 16.5. The van der Waals surface area contributed by atoms with Gasteiger partial charge in [0, 0.05) is 0 Å². The molecule has 0 saturated carbocycles. The van der Waals surface area contributed by atoms with Crippen LogP contribution in [0.25, 0.3) is 0 Å². The lowest BCUT2D eigenvalue weighted by Gasteiger charge is -2.14. The summed E-state index contributed by atoms with van der Waals surface area (Å²) in [5.74, 6) is -1.58. The average molecular weight is 363 g/mol. The molecule has 4 nitrogen and oxygen atoms in total. The minimum Gasteiger partial charge on any atom is -0.478 e. The van der Waals surface area contributed by atoms with E-state index in [1.165, 1.54) is 32.1 Å². The lowest BCUT2D eigenvalue weighted by atomic mass is 9.93. The van der Waals surface area contributed by atoms with E-state index in [2.05, 4.69) is 6.92 Å².